The first-order valence-electron chi connectivity index (χ1n) is 7.64. The Morgan fingerprint density at radius 3 is 2.52 bits per heavy atom. The van der Waals surface area contributed by atoms with Crippen molar-refractivity contribution in [3.63, 3.8) is 0 Å². The van der Waals surface area contributed by atoms with Gasteiger partial charge in [-0.1, -0.05) is 15.9 Å². The van der Waals surface area contributed by atoms with E-state index in [1.54, 1.807) is 12.4 Å². The van der Waals surface area contributed by atoms with Gasteiger partial charge in [-0.2, -0.15) is 0 Å². The molecule has 3 aromatic rings. The van der Waals surface area contributed by atoms with Crippen LogP contribution in [0.15, 0.2) is 59.6 Å². The molecule has 0 saturated heterocycles. The summed E-state index contributed by atoms with van der Waals surface area (Å²) >= 11 is 3.40. The van der Waals surface area contributed by atoms with Gasteiger partial charge in [0.1, 0.15) is 0 Å². The largest absolute Gasteiger partial charge is 0.350 e. The van der Waals surface area contributed by atoms with Gasteiger partial charge in [0.05, 0.1) is 5.56 Å². The molecule has 0 aliphatic heterocycles. The minimum atomic E-state index is -0.244. The van der Waals surface area contributed by atoms with E-state index in [9.17, 15) is 4.79 Å². The third kappa shape index (κ3) is 4.60. The van der Waals surface area contributed by atoms with Gasteiger partial charge in [-0.05, 0) is 48.4 Å². The lowest BCUT2D eigenvalue weighted by molar-refractivity contribution is 0.102. The lowest BCUT2D eigenvalue weighted by Gasteiger charge is -2.09. The number of hydrogen-bond donors (Lipinski definition) is 2. The second-order valence-corrected chi connectivity index (χ2v) is 6.33. The van der Waals surface area contributed by atoms with Crippen LogP contribution >= 0.6 is 15.9 Å². The highest BCUT2D eigenvalue weighted by Gasteiger charge is 2.09. The lowest BCUT2D eigenvalue weighted by Crippen LogP contribution is -2.14. The number of aromatic nitrogens is 3. The Kier molecular flexibility index (Phi) is 5.35. The molecule has 0 radical (unpaired) electrons. The van der Waals surface area contributed by atoms with Gasteiger partial charge in [0.25, 0.3) is 5.91 Å². The zero-order valence-electron chi connectivity index (χ0n) is 13.5. The average Bonchev–Trinajstić information content (AvgIpc) is 2.63. The number of hydrogen-bond acceptors (Lipinski definition) is 5. The highest BCUT2D eigenvalue weighted by atomic mass is 79.9. The number of amides is 1. The molecule has 0 spiro atoms. The minimum Gasteiger partial charge on any atom is -0.350 e. The fourth-order valence-electron chi connectivity index (χ4n) is 2.18. The summed E-state index contributed by atoms with van der Waals surface area (Å²) in [7, 11) is 0. The fourth-order valence-corrected chi connectivity index (χ4v) is 2.66. The molecule has 0 aliphatic rings. The first-order chi connectivity index (χ1) is 12.1. The summed E-state index contributed by atoms with van der Waals surface area (Å²) in [6.45, 7) is 2.52. The molecule has 25 heavy (non-hydrogen) atoms. The van der Waals surface area contributed by atoms with Crippen LogP contribution in [0, 0.1) is 6.92 Å². The molecule has 2 heterocycles. The SMILES string of the molecule is Cc1cc(Br)ccc1NC(=O)c1cnc(NCc2ccncc2)nc1. The molecule has 1 aromatic carbocycles. The van der Waals surface area contributed by atoms with E-state index in [1.807, 2.05) is 37.3 Å². The maximum atomic E-state index is 12.3. The second-order valence-electron chi connectivity index (χ2n) is 5.42. The fraction of sp³-hybridized carbons (Fsp3) is 0.111. The summed E-state index contributed by atoms with van der Waals surface area (Å²) in [4.78, 5) is 24.7. The Morgan fingerprint density at radius 1 is 1.12 bits per heavy atom. The van der Waals surface area contributed by atoms with Crippen LogP contribution in [-0.2, 0) is 6.54 Å². The van der Waals surface area contributed by atoms with E-state index in [1.165, 1.54) is 12.4 Å². The smallest absolute Gasteiger partial charge is 0.258 e. The third-order valence-corrected chi connectivity index (χ3v) is 4.04. The molecule has 6 nitrogen and oxygen atoms in total. The van der Waals surface area contributed by atoms with Gasteiger partial charge in [0, 0.05) is 41.5 Å². The molecule has 7 heteroatoms. The van der Waals surface area contributed by atoms with Crippen molar-refractivity contribution in [1.82, 2.24) is 15.0 Å². The summed E-state index contributed by atoms with van der Waals surface area (Å²) in [5.41, 5.74) is 3.20. The van der Waals surface area contributed by atoms with Crippen LogP contribution in [-0.4, -0.2) is 20.9 Å². The molecule has 3 rings (SSSR count). The number of nitrogens with zero attached hydrogens (tertiary/aromatic N) is 3. The predicted octanol–water partition coefficient (Wildman–Crippen LogP) is 3.81. The van der Waals surface area contributed by atoms with Crippen LogP contribution < -0.4 is 10.6 Å². The Bertz CT molecular complexity index is 868. The van der Waals surface area contributed by atoms with Crippen LogP contribution in [0.4, 0.5) is 11.6 Å². The molecule has 0 fully saturated rings. The molecule has 1 amide bonds. The number of pyridine rings is 1. The summed E-state index contributed by atoms with van der Waals surface area (Å²) in [6.07, 6.45) is 6.47. The van der Waals surface area contributed by atoms with E-state index in [4.69, 9.17) is 0 Å². The molecule has 126 valence electrons. The Labute approximate surface area is 153 Å². The molecular weight excluding hydrogens is 382 g/mol. The predicted molar refractivity (Wildman–Crippen MR) is 100 cm³/mol. The van der Waals surface area contributed by atoms with Gasteiger partial charge in [0.2, 0.25) is 5.95 Å². The highest BCUT2D eigenvalue weighted by Crippen LogP contribution is 2.20. The van der Waals surface area contributed by atoms with Crippen molar-refractivity contribution in [1.29, 1.82) is 0 Å². The van der Waals surface area contributed by atoms with Gasteiger partial charge in [-0.15, -0.1) is 0 Å². The lowest BCUT2D eigenvalue weighted by atomic mass is 10.2. The summed E-state index contributed by atoms with van der Waals surface area (Å²) in [5, 5.41) is 5.97. The van der Waals surface area contributed by atoms with Crippen LogP contribution in [0.3, 0.4) is 0 Å². The average molecular weight is 398 g/mol. The maximum Gasteiger partial charge on any atom is 0.258 e. The molecule has 0 saturated carbocycles. The quantitative estimate of drug-likeness (QED) is 0.684. The zero-order chi connectivity index (χ0) is 17.6. The van der Waals surface area contributed by atoms with Crippen LogP contribution in [0.25, 0.3) is 0 Å². The first-order valence-corrected chi connectivity index (χ1v) is 8.43. The zero-order valence-corrected chi connectivity index (χ0v) is 15.1. The number of halogens is 1. The van der Waals surface area contributed by atoms with Gasteiger partial charge < -0.3 is 10.6 Å². The van der Waals surface area contributed by atoms with Crippen molar-refractivity contribution in [3.8, 4) is 0 Å². The molecule has 0 unspecified atom stereocenters. The Hall–Kier alpha value is -2.80. The number of carbonyl (C=O) groups is 1. The number of benzene rings is 1. The van der Waals surface area contributed by atoms with Crippen molar-refractivity contribution in [2.75, 3.05) is 10.6 Å². The van der Waals surface area contributed by atoms with Crippen molar-refractivity contribution in [2.45, 2.75) is 13.5 Å². The van der Waals surface area contributed by atoms with Gasteiger partial charge >= 0.3 is 0 Å². The summed E-state index contributed by atoms with van der Waals surface area (Å²) < 4.78 is 0.968. The molecular formula is C18H16BrN5O. The Morgan fingerprint density at radius 2 is 1.84 bits per heavy atom. The summed E-state index contributed by atoms with van der Waals surface area (Å²) in [5.74, 6) is 0.222. The van der Waals surface area contributed by atoms with E-state index >= 15 is 0 Å². The van der Waals surface area contributed by atoms with Crippen LogP contribution in [0.1, 0.15) is 21.5 Å². The second kappa shape index (κ2) is 7.85. The van der Waals surface area contributed by atoms with Crippen molar-refractivity contribution in [3.05, 3.63) is 76.3 Å². The standard InChI is InChI=1S/C18H16BrN5O/c1-12-8-15(19)2-3-16(12)24-17(25)14-10-22-18(23-11-14)21-9-13-4-6-20-7-5-13/h2-8,10-11H,9H2,1H3,(H,24,25)(H,21,22,23). The molecule has 2 N–H and O–H groups in total. The van der Waals surface area contributed by atoms with Crippen LogP contribution in [0.5, 0.6) is 0 Å². The van der Waals surface area contributed by atoms with E-state index < -0.39 is 0 Å². The highest BCUT2D eigenvalue weighted by molar-refractivity contribution is 9.10. The van der Waals surface area contributed by atoms with Gasteiger partial charge in [0.15, 0.2) is 0 Å². The van der Waals surface area contributed by atoms with E-state index in [-0.39, 0.29) is 5.91 Å². The summed E-state index contributed by atoms with van der Waals surface area (Å²) in [6, 6.07) is 9.50. The van der Waals surface area contributed by atoms with Crippen molar-refractivity contribution < 1.29 is 4.79 Å². The minimum absolute atomic E-state index is 0.244. The van der Waals surface area contributed by atoms with Gasteiger partial charge in [-0.25, -0.2) is 9.97 Å². The normalized spacial score (nSPS) is 10.3. The number of nitrogens with one attached hydrogen (secondary N) is 2. The number of rotatable bonds is 5. The third-order valence-electron chi connectivity index (χ3n) is 3.55. The molecule has 0 atom stereocenters. The number of anilines is 2. The van der Waals surface area contributed by atoms with E-state index in [0.717, 1.165) is 21.3 Å². The van der Waals surface area contributed by atoms with Crippen LogP contribution in [0.2, 0.25) is 0 Å². The van der Waals surface area contributed by atoms with E-state index in [0.29, 0.717) is 18.1 Å². The number of aryl methyl sites for hydroxylation is 1. The van der Waals surface area contributed by atoms with Crippen molar-refractivity contribution >= 4 is 33.5 Å². The maximum absolute atomic E-state index is 12.3. The van der Waals surface area contributed by atoms with Gasteiger partial charge in [-0.3, -0.25) is 9.78 Å². The monoisotopic (exact) mass is 397 g/mol. The molecule has 0 aliphatic carbocycles. The Balaban J connectivity index is 1.62. The molecule has 0 bridgehead atoms. The van der Waals surface area contributed by atoms with Crippen molar-refractivity contribution in [2.24, 2.45) is 0 Å². The van der Waals surface area contributed by atoms with E-state index in [2.05, 4.69) is 41.5 Å². The molecule has 2 aromatic heterocycles. The topological polar surface area (TPSA) is 79.8 Å². The number of carbonyl (C=O) groups excluding carboxylic acids is 1. The first kappa shape index (κ1) is 17.0.